The second kappa shape index (κ2) is 5.69. The molecule has 0 fully saturated rings. The number of hydrogen-bond donors (Lipinski definition) is 0. The van der Waals surface area contributed by atoms with E-state index in [0.29, 0.717) is 0 Å². The molecule has 0 spiro atoms. The summed E-state index contributed by atoms with van der Waals surface area (Å²) in [5.74, 6) is 1.10. The first kappa shape index (κ1) is 12.8. The standard InChI is InChI=1S/C14H20O2/c1-5-14(11(4)15)12-6-8-13(9-7-12)16-10(2)3/h6-10,14H,5H2,1-4H3. The van der Waals surface area contributed by atoms with E-state index < -0.39 is 0 Å². The topological polar surface area (TPSA) is 26.3 Å². The molecule has 1 unspecified atom stereocenters. The van der Waals surface area contributed by atoms with Crippen LogP contribution in [-0.2, 0) is 4.79 Å². The van der Waals surface area contributed by atoms with Crippen molar-refractivity contribution in [3.63, 3.8) is 0 Å². The van der Waals surface area contributed by atoms with Crippen LogP contribution >= 0.6 is 0 Å². The lowest BCUT2D eigenvalue weighted by molar-refractivity contribution is -0.118. The molecule has 16 heavy (non-hydrogen) atoms. The lowest BCUT2D eigenvalue weighted by Crippen LogP contribution is -2.08. The molecule has 88 valence electrons. The zero-order chi connectivity index (χ0) is 12.1. The molecule has 0 saturated carbocycles. The van der Waals surface area contributed by atoms with Crippen molar-refractivity contribution in [1.82, 2.24) is 0 Å². The minimum atomic E-state index is 0.0214. The number of rotatable bonds is 5. The first-order valence-electron chi connectivity index (χ1n) is 5.81. The van der Waals surface area contributed by atoms with Gasteiger partial charge < -0.3 is 4.74 Å². The van der Waals surface area contributed by atoms with Crippen LogP contribution in [0.2, 0.25) is 0 Å². The molecule has 0 aliphatic carbocycles. The van der Waals surface area contributed by atoms with Gasteiger partial charge >= 0.3 is 0 Å². The molecule has 1 aromatic rings. The summed E-state index contributed by atoms with van der Waals surface area (Å²) in [5.41, 5.74) is 1.08. The molecule has 2 nitrogen and oxygen atoms in total. The van der Waals surface area contributed by atoms with E-state index in [1.54, 1.807) is 6.92 Å². The van der Waals surface area contributed by atoms with Crippen molar-refractivity contribution < 1.29 is 9.53 Å². The first-order valence-corrected chi connectivity index (χ1v) is 5.81. The Morgan fingerprint density at radius 1 is 1.25 bits per heavy atom. The van der Waals surface area contributed by atoms with Gasteiger partial charge in [0.05, 0.1) is 6.10 Å². The Labute approximate surface area is 97.6 Å². The van der Waals surface area contributed by atoms with Crippen LogP contribution in [0.15, 0.2) is 24.3 Å². The van der Waals surface area contributed by atoms with E-state index in [2.05, 4.69) is 0 Å². The van der Waals surface area contributed by atoms with E-state index in [4.69, 9.17) is 4.74 Å². The Hall–Kier alpha value is -1.31. The van der Waals surface area contributed by atoms with E-state index >= 15 is 0 Å². The fourth-order valence-corrected chi connectivity index (χ4v) is 1.81. The predicted molar refractivity (Wildman–Crippen MR) is 65.9 cm³/mol. The van der Waals surface area contributed by atoms with Crippen LogP contribution in [0, 0.1) is 0 Å². The second-order valence-electron chi connectivity index (χ2n) is 4.31. The number of ether oxygens (including phenoxy) is 1. The number of benzene rings is 1. The van der Waals surface area contributed by atoms with E-state index in [0.717, 1.165) is 17.7 Å². The molecule has 0 amide bonds. The molecule has 2 heteroatoms. The van der Waals surface area contributed by atoms with Crippen molar-refractivity contribution in [3.8, 4) is 5.75 Å². The average molecular weight is 220 g/mol. The normalized spacial score (nSPS) is 12.6. The molecule has 0 bridgehead atoms. The minimum Gasteiger partial charge on any atom is -0.491 e. The zero-order valence-electron chi connectivity index (χ0n) is 10.5. The Balaban J connectivity index is 2.81. The maximum absolute atomic E-state index is 11.4. The molecular weight excluding hydrogens is 200 g/mol. The van der Waals surface area contributed by atoms with Crippen molar-refractivity contribution in [2.24, 2.45) is 0 Å². The highest BCUT2D eigenvalue weighted by Gasteiger charge is 2.14. The van der Waals surface area contributed by atoms with Gasteiger partial charge in [-0.05, 0) is 44.9 Å². The van der Waals surface area contributed by atoms with Crippen LogP contribution in [-0.4, -0.2) is 11.9 Å². The molecule has 0 aliphatic heterocycles. The molecule has 1 atom stereocenters. The molecular formula is C14H20O2. The summed E-state index contributed by atoms with van der Waals surface area (Å²) in [4.78, 5) is 11.4. The van der Waals surface area contributed by atoms with Crippen LogP contribution < -0.4 is 4.74 Å². The molecule has 1 aromatic carbocycles. The third-order valence-corrected chi connectivity index (χ3v) is 2.55. The maximum Gasteiger partial charge on any atom is 0.137 e. The summed E-state index contributed by atoms with van der Waals surface area (Å²) in [6.45, 7) is 7.67. The van der Waals surface area contributed by atoms with Crippen LogP contribution in [0.25, 0.3) is 0 Å². The number of carbonyl (C=O) groups excluding carboxylic acids is 1. The van der Waals surface area contributed by atoms with Gasteiger partial charge in [0.25, 0.3) is 0 Å². The van der Waals surface area contributed by atoms with Gasteiger partial charge in [0, 0.05) is 5.92 Å². The van der Waals surface area contributed by atoms with Crippen molar-refractivity contribution in [1.29, 1.82) is 0 Å². The molecule has 0 aromatic heterocycles. The second-order valence-corrected chi connectivity index (χ2v) is 4.31. The number of Topliss-reactive ketones (excluding diaryl/α,β-unsaturated/α-hetero) is 1. The Morgan fingerprint density at radius 2 is 1.81 bits per heavy atom. The van der Waals surface area contributed by atoms with Gasteiger partial charge in [-0.2, -0.15) is 0 Å². The number of hydrogen-bond acceptors (Lipinski definition) is 2. The predicted octanol–water partition coefficient (Wildman–Crippen LogP) is 3.56. The Morgan fingerprint density at radius 3 is 2.19 bits per heavy atom. The summed E-state index contributed by atoms with van der Waals surface area (Å²) >= 11 is 0. The Bertz CT molecular complexity index is 338. The SMILES string of the molecule is CCC(C(C)=O)c1ccc(OC(C)C)cc1. The van der Waals surface area contributed by atoms with Crippen molar-refractivity contribution in [2.45, 2.75) is 46.1 Å². The molecule has 0 heterocycles. The highest BCUT2D eigenvalue weighted by atomic mass is 16.5. The van der Waals surface area contributed by atoms with Gasteiger partial charge in [-0.25, -0.2) is 0 Å². The van der Waals surface area contributed by atoms with Crippen molar-refractivity contribution in [2.75, 3.05) is 0 Å². The zero-order valence-corrected chi connectivity index (χ0v) is 10.5. The van der Waals surface area contributed by atoms with Gasteiger partial charge in [-0.1, -0.05) is 19.1 Å². The van der Waals surface area contributed by atoms with E-state index in [1.807, 2.05) is 45.0 Å². The molecule has 0 saturated heterocycles. The first-order chi connectivity index (χ1) is 7.54. The van der Waals surface area contributed by atoms with Crippen LogP contribution in [0.5, 0.6) is 5.75 Å². The summed E-state index contributed by atoms with van der Waals surface area (Å²) < 4.78 is 5.56. The summed E-state index contributed by atoms with van der Waals surface area (Å²) in [6.07, 6.45) is 1.03. The van der Waals surface area contributed by atoms with Crippen LogP contribution in [0.3, 0.4) is 0 Å². The van der Waals surface area contributed by atoms with Gasteiger partial charge in [0.1, 0.15) is 11.5 Å². The molecule has 0 radical (unpaired) electrons. The average Bonchev–Trinajstić information content (AvgIpc) is 2.20. The largest absolute Gasteiger partial charge is 0.491 e. The minimum absolute atomic E-state index is 0.0214. The molecule has 0 aliphatic rings. The van der Waals surface area contributed by atoms with E-state index in [-0.39, 0.29) is 17.8 Å². The maximum atomic E-state index is 11.4. The Kier molecular flexibility index (Phi) is 4.53. The van der Waals surface area contributed by atoms with Gasteiger partial charge in [0.2, 0.25) is 0 Å². The fraction of sp³-hybridized carbons (Fsp3) is 0.500. The van der Waals surface area contributed by atoms with E-state index in [9.17, 15) is 4.79 Å². The summed E-state index contributed by atoms with van der Waals surface area (Å²) in [5, 5.41) is 0. The summed E-state index contributed by atoms with van der Waals surface area (Å²) in [6, 6.07) is 7.82. The fourth-order valence-electron chi connectivity index (χ4n) is 1.81. The summed E-state index contributed by atoms with van der Waals surface area (Å²) in [7, 11) is 0. The lowest BCUT2D eigenvalue weighted by Gasteiger charge is -2.13. The van der Waals surface area contributed by atoms with Gasteiger partial charge in [-0.3, -0.25) is 4.79 Å². The highest BCUT2D eigenvalue weighted by molar-refractivity contribution is 5.83. The highest BCUT2D eigenvalue weighted by Crippen LogP contribution is 2.23. The smallest absolute Gasteiger partial charge is 0.137 e. The van der Waals surface area contributed by atoms with E-state index in [1.165, 1.54) is 0 Å². The van der Waals surface area contributed by atoms with Gasteiger partial charge in [0.15, 0.2) is 0 Å². The lowest BCUT2D eigenvalue weighted by atomic mass is 9.93. The van der Waals surface area contributed by atoms with Crippen molar-refractivity contribution in [3.05, 3.63) is 29.8 Å². The van der Waals surface area contributed by atoms with Crippen LogP contribution in [0.1, 0.15) is 45.6 Å². The van der Waals surface area contributed by atoms with Crippen molar-refractivity contribution >= 4 is 5.78 Å². The number of carbonyl (C=O) groups is 1. The molecule has 1 rings (SSSR count). The monoisotopic (exact) mass is 220 g/mol. The van der Waals surface area contributed by atoms with Crippen LogP contribution in [0.4, 0.5) is 0 Å². The third-order valence-electron chi connectivity index (χ3n) is 2.55. The molecule has 0 N–H and O–H groups in total. The number of ketones is 1. The quantitative estimate of drug-likeness (QED) is 0.758. The van der Waals surface area contributed by atoms with Gasteiger partial charge in [-0.15, -0.1) is 0 Å². The third kappa shape index (κ3) is 3.37.